The molecule has 4 heteroatoms. The predicted octanol–water partition coefficient (Wildman–Crippen LogP) is 4.44. The van der Waals surface area contributed by atoms with Crippen LogP contribution in [0.4, 0.5) is 8.78 Å². The van der Waals surface area contributed by atoms with Gasteiger partial charge in [-0.15, -0.1) is 0 Å². The van der Waals surface area contributed by atoms with Crippen molar-refractivity contribution in [3.63, 3.8) is 0 Å². The molecule has 0 bridgehead atoms. The van der Waals surface area contributed by atoms with Crippen molar-refractivity contribution < 1.29 is 13.5 Å². The van der Waals surface area contributed by atoms with Gasteiger partial charge in [-0.3, -0.25) is 0 Å². The van der Waals surface area contributed by atoms with Crippen molar-refractivity contribution in [3.8, 4) is 17.0 Å². The first-order chi connectivity index (χ1) is 9.22. The summed E-state index contributed by atoms with van der Waals surface area (Å²) in [5, 5.41) is 0.844. The highest BCUT2D eigenvalue weighted by Gasteiger charge is 2.07. The highest BCUT2D eigenvalue weighted by atomic mass is 19.3. The van der Waals surface area contributed by atoms with E-state index in [9.17, 15) is 8.78 Å². The van der Waals surface area contributed by atoms with Gasteiger partial charge in [0.2, 0.25) is 0 Å². The van der Waals surface area contributed by atoms with E-state index < -0.39 is 6.61 Å². The number of rotatable bonds is 3. The molecule has 2 nitrogen and oxygen atoms in total. The highest BCUT2D eigenvalue weighted by molar-refractivity contribution is 5.86. The second-order valence-electron chi connectivity index (χ2n) is 4.18. The van der Waals surface area contributed by atoms with Crippen LogP contribution in [0.15, 0.2) is 54.6 Å². The first-order valence-corrected chi connectivity index (χ1v) is 5.85. The normalized spacial score (nSPS) is 11.1. The number of hydrogen-bond donors (Lipinski definition) is 1. The number of H-pyrrole nitrogens is 1. The van der Waals surface area contributed by atoms with Crippen LogP contribution in [0.5, 0.6) is 5.75 Å². The number of nitrogens with one attached hydrogen (secondary N) is 1. The topological polar surface area (TPSA) is 25.0 Å². The van der Waals surface area contributed by atoms with Crippen LogP contribution in [0.3, 0.4) is 0 Å². The molecule has 3 rings (SSSR count). The van der Waals surface area contributed by atoms with E-state index in [1.807, 2.05) is 36.4 Å². The van der Waals surface area contributed by atoms with E-state index in [0.29, 0.717) is 0 Å². The van der Waals surface area contributed by atoms with Crippen LogP contribution in [0.2, 0.25) is 0 Å². The number of hydrogen-bond acceptors (Lipinski definition) is 1. The van der Waals surface area contributed by atoms with E-state index in [0.717, 1.165) is 22.2 Å². The zero-order valence-corrected chi connectivity index (χ0v) is 9.94. The van der Waals surface area contributed by atoms with Crippen molar-refractivity contribution in [1.29, 1.82) is 0 Å². The van der Waals surface area contributed by atoms with Crippen molar-refractivity contribution in [2.24, 2.45) is 0 Å². The lowest BCUT2D eigenvalue weighted by atomic mass is 10.1. The Kier molecular flexibility index (Phi) is 2.91. The maximum absolute atomic E-state index is 12.2. The van der Waals surface area contributed by atoms with Crippen molar-refractivity contribution in [2.75, 3.05) is 0 Å². The van der Waals surface area contributed by atoms with Gasteiger partial charge >= 0.3 is 6.61 Å². The quantitative estimate of drug-likeness (QED) is 0.739. The molecule has 1 heterocycles. The number of halogens is 2. The molecule has 0 amide bonds. The molecular formula is C15H11F2NO. The molecule has 2 aromatic carbocycles. The third-order valence-corrected chi connectivity index (χ3v) is 2.90. The maximum atomic E-state index is 12.2. The fraction of sp³-hybridized carbons (Fsp3) is 0.0667. The summed E-state index contributed by atoms with van der Waals surface area (Å²) in [5.41, 5.74) is 2.89. The van der Waals surface area contributed by atoms with Gasteiger partial charge in [-0.2, -0.15) is 8.78 Å². The van der Waals surface area contributed by atoms with Crippen molar-refractivity contribution in [2.45, 2.75) is 6.61 Å². The third kappa shape index (κ3) is 2.42. The summed E-state index contributed by atoms with van der Waals surface area (Å²) in [5.74, 6) is 0.168. The minimum Gasteiger partial charge on any atom is -0.435 e. The number of benzene rings is 2. The summed E-state index contributed by atoms with van der Waals surface area (Å²) in [4.78, 5) is 3.25. The largest absolute Gasteiger partial charge is 0.435 e. The monoisotopic (exact) mass is 259 g/mol. The Morgan fingerprint density at radius 2 is 1.74 bits per heavy atom. The van der Waals surface area contributed by atoms with Crippen LogP contribution >= 0.6 is 0 Å². The van der Waals surface area contributed by atoms with Gasteiger partial charge in [0.05, 0.1) is 0 Å². The van der Waals surface area contributed by atoms with E-state index >= 15 is 0 Å². The summed E-state index contributed by atoms with van der Waals surface area (Å²) in [6.07, 6.45) is 0. The lowest BCUT2D eigenvalue weighted by Crippen LogP contribution is -2.01. The van der Waals surface area contributed by atoms with Gasteiger partial charge in [0, 0.05) is 16.6 Å². The van der Waals surface area contributed by atoms with E-state index in [1.165, 1.54) is 6.07 Å². The molecule has 96 valence electrons. The van der Waals surface area contributed by atoms with Crippen LogP contribution in [-0.2, 0) is 0 Å². The van der Waals surface area contributed by atoms with E-state index in [2.05, 4.69) is 9.72 Å². The van der Waals surface area contributed by atoms with Gasteiger partial charge in [0.1, 0.15) is 5.75 Å². The van der Waals surface area contributed by atoms with Gasteiger partial charge in [-0.25, -0.2) is 0 Å². The molecule has 0 saturated heterocycles. The Morgan fingerprint density at radius 1 is 0.947 bits per heavy atom. The molecule has 0 spiro atoms. The number of ether oxygens (including phenoxy) is 1. The first-order valence-electron chi connectivity index (χ1n) is 5.85. The standard InChI is InChI=1S/C15H11F2NO/c16-15(17)19-12-6-7-13-11(8-12)9-14(18-13)10-4-2-1-3-5-10/h1-9,15,18H. The minimum atomic E-state index is -2.80. The molecule has 19 heavy (non-hydrogen) atoms. The Hall–Kier alpha value is -2.36. The fourth-order valence-corrected chi connectivity index (χ4v) is 2.06. The zero-order valence-electron chi connectivity index (χ0n) is 9.94. The molecule has 3 aromatic rings. The lowest BCUT2D eigenvalue weighted by molar-refractivity contribution is -0.0497. The van der Waals surface area contributed by atoms with Crippen molar-refractivity contribution in [1.82, 2.24) is 4.98 Å². The Morgan fingerprint density at radius 3 is 2.47 bits per heavy atom. The van der Waals surface area contributed by atoms with Crippen LogP contribution < -0.4 is 4.74 Å². The zero-order chi connectivity index (χ0) is 13.2. The van der Waals surface area contributed by atoms with Gasteiger partial charge in [0.25, 0.3) is 0 Å². The molecule has 0 unspecified atom stereocenters. The molecule has 0 fully saturated rings. The number of alkyl halides is 2. The van der Waals surface area contributed by atoms with E-state index in [1.54, 1.807) is 12.1 Å². The Balaban J connectivity index is 2.01. The smallest absolute Gasteiger partial charge is 0.387 e. The molecule has 1 N–H and O–H groups in total. The van der Waals surface area contributed by atoms with Gasteiger partial charge < -0.3 is 9.72 Å². The van der Waals surface area contributed by atoms with Crippen LogP contribution in [0.25, 0.3) is 22.2 Å². The average Bonchev–Trinajstić information content (AvgIpc) is 2.82. The summed E-state index contributed by atoms with van der Waals surface area (Å²) in [6.45, 7) is -2.80. The molecule has 0 radical (unpaired) electrons. The van der Waals surface area contributed by atoms with Crippen molar-refractivity contribution in [3.05, 3.63) is 54.6 Å². The Bertz CT molecular complexity index is 692. The van der Waals surface area contributed by atoms with Gasteiger partial charge in [-0.1, -0.05) is 30.3 Å². The molecule has 1 aromatic heterocycles. The van der Waals surface area contributed by atoms with Crippen molar-refractivity contribution >= 4 is 10.9 Å². The van der Waals surface area contributed by atoms with E-state index in [4.69, 9.17) is 0 Å². The number of aromatic nitrogens is 1. The molecule has 0 aliphatic rings. The molecule has 0 aliphatic carbocycles. The van der Waals surface area contributed by atoms with E-state index in [-0.39, 0.29) is 5.75 Å². The van der Waals surface area contributed by atoms with Crippen LogP contribution in [-0.4, -0.2) is 11.6 Å². The maximum Gasteiger partial charge on any atom is 0.387 e. The number of aromatic amines is 1. The molecule has 0 aliphatic heterocycles. The molecular weight excluding hydrogens is 248 g/mol. The van der Waals surface area contributed by atoms with Gasteiger partial charge in [-0.05, 0) is 29.8 Å². The number of fused-ring (bicyclic) bond motifs is 1. The molecule has 0 saturated carbocycles. The lowest BCUT2D eigenvalue weighted by Gasteiger charge is -2.03. The minimum absolute atomic E-state index is 0.168. The van der Waals surface area contributed by atoms with Gasteiger partial charge in [0.15, 0.2) is 0 Å². The molecule has 0 atom stereocenters. The second kappa shape index (κ2) is 4.72. The average molecular weight is 259 g/mol. The van der Waals surface area contributed by atoms with Crippen LogP contribution in [0.1, 0.15) is 0 Å². The predicted molar refractivity (Wildman–Crippen MR) is 70.4 cm³/mol. The SMILES string of the molecule is FC(F)Oc1ccc2[nH]c(-c3ccccc3)cc2c1. The summed E-state index contributed by atoms with van der Waals surface area (Å²) < 4.78 is 28.7. The second-order valence-corrected chi connectivity index (χ2v) is 4.18. The summed E-state index contributed by atoms with van der Waals surface area (Å²) >= 11 is 0. The highest BCUT2D eigenvalue weighted by Crippen LogP contribution is 2.27. The van der Waals surface area contributed by atoms with Crippen LogP contribution in [0, 0.1) is 0 Å². The first kappa shape index (κ1) is 11.7. The fourth-order valence-electron chi connectivity index (χ4n) is 2.06. The Labute approximate surface area is 108 Å². The third-order valence-electron chi connectivity index (χ3n) is 2.90. The summed E-state index contributed by atoms with van der Waals surface area (Å²) in [7, 11) is 0. The summed E-state index contributed by atoms with van der Waals surface area (Å²) in [6, 6.07) is 16.6.